The molecule has 0 heterocycles. The zero-order valence-corrected chi connectivity index (χ0v) is 16.5. The molecule has 0 amide bonds. The Morgan fingerprint density at radius 2 is 1.36 bits per heavy atom. The molecule has 1 aliphatic carbocycles. The van der Waals surface area contributed by atoms with E-state index in [-0.39, 0.29) is 11.6 Å². The predicted octanol–water partition coefficient (Wildman–Crippen LogP) is 5.44. The van der Waals surface area contributed by atoms with Gasteiger partial charge in [-0.3, -0.25) is 9.59 Å². The number of hydrogen-bond acceptors (Lipinski definition) is 3. The molecule has 0 spiro atoms. The van der Waals surface area contributed by atoms with Crippen molar-refractivity contribution in [3.63, 3.8) is 0 Å². The minimum absolute atomic E-state index is 0.167. The quantitative estimate of drug-likeness (QED) is 0.507. The highest BCUT2D eigenvalue weighted by Crippen LogP contribution is 2.67. The van der Waals surface area contributed by atoms with Crippen LogP contribution >= 0.6 is 15.9 Å². The highest BCUT2D eigenvalue weighted by atomic mass is 79.9. The summed E-state index contributed by atoms with van der Waals surface area (Å²) in [6, 6.07) is 27.3. The Morgan fingerprint density at radius 3 is 1.89 bits per heavy atom. The van der Waals surface area contributed by atoms with Crippen LogP contribution in [0.15, 0.2) is 89.4 Å². The lowest BCUT2D eigenvalue weighted by atomic mass is 9.89. The van der Waals surface area contributed by atoms with Crippen molar-refractivity contribution in [2.45, 2.75) is 5.92 Å². The monoisotopic (exact) mass is 429 g/mol. The van der Waals surface area contributed by atoms with Crippen molar-refractivity contribution in [1.29, 1.82) is 5.26 Å². The first kappa shape index (κ1) is 18.3. The van der Waals surface area contributed by atoms with Gasteiger partial charge in [-0.15, -0.1) is 0 Å². The topological polar surface area (TPSA) is 57.9 Å². The van der Waals surface area contributed by atoms with Gasteiger partial charge in [0.1, 0.15) is 5.41 Å². The Bertz CT molecular complexity index is 1070. The van der Waals surface area contributed by atoms with Gasteiger partial charge in [0.15, 0.2) is 11.6 Å². The highest BCUT2D eigenvalue weighted by Gasteiger charge is 2.73. The van der Waals surface area contributed by atoms with E-state index in [1.807, 2.05) is 36.4 Å². The Hall–Kier alpha value is -3.03. The molecule has 1 fully saturated rings. The van der Waals surface area contributed by atoms with Crippen LogP contribution in [0.1, 0.15) is 32.2 Å². The van der Waals surface area contributed by atoms with Crippen molar-refractivity contribution in [1.82, 2.24) is 0 Å². The molecular formula is C24H16BrNO2. The summed E-state index contributed by atoms with van der Waals surface area (Å²) >= 11 is 3.41. The largest absolute Gasteiger partial charge is 0.294 e. The van der Waals surface area contributed by atoms with E-state index < -0.39 is 17.3 Å². The second-order valence-electron chi connectivity index (χ2n) is 6.91. The zero-order chi connectivity index (χ0) is 19.7. The van der Waals surface area contributed by atoms with Crippen molar-refractivity contribution in [2.24, 2.45) is 11.3 Å². The predicted molar refractivity (Wildman–Crippen MR) is 110 cm³/mol. The maximum Gasteiger partial charge on any atom is 0.184 e. The number of ketones is 2. The molecule has 0 saturated heterocycles. The Kier molecular flexibility index (Phi) is 4.70. The molecule has 28 heavy (non-hydrogen) atoms. The van der Waals surface area contributed by atoms with Gasteiger partial charge >= 0.3 is 0 Å². The number of carbonyl (C=O) groups excluding carboxylic acids is 2. The summed E-state index contributed by atoms with van der Waals surface area (Å²) in [5, 5.41) is 10.1. The third-order valence-electron chi connectivity index (χ3n) is 5.37. The molecule has 3 nitrogen and oxygen atoms in total. The second-order valence-corrected chi connectivity index (χ2v) is 7.83. The Morgan fingerprint density at radius 1 is 0.821 bits per heavy atom. The SMILES string of the molecule is N#CC1(C(=O)c2ccccc2)C(C(=O)c2ccccc2)C1c1ccc(Br)cc1. The molecule has 1 saturated carbocycles. The summed E-state index contributed by atoms with van der Waals surface area (Å²) in [5.41, 5.74) is 0.410. The van der Waals surface area contributed by atoms with Gasteiger partial charge in [0.25, 0.3) is 0 Å². The maximum atomic E-state index is 13.4. The van der Waals surface area contributed by atoms with E-state index in [0.29, 0.717) is 11.1 Å². The summed E-state index contributed by atoms with van der Waals surface area (Å²) in [5.74, 6) is -1.63. The molecule has 0 aromatic heterocycles. The lowest BCUT2D eigenvalue weighted by molar-refractivity contribution is 0.0874. The number of nitrogens with zero attached hydrogens (tertiary/aromatic N) is 1. The summed E-state index contributed by atoms with van der Waals surface area (Å²) in [7, 11) is 0. The summed E-state index contributed by atoms with van der Waals surface area (Å²) in [4.78, 5) is 26.6. The van der Waals surface area contributed by atoms with Crippen molar-refractivity contribution in [2.75, 3.05) is 0 Å². The zero-order valence-electron chi connectivity index (χ0n) is 14.9. The average Bonchev–Trinajstić information content (AvgIpc) is 3.44. The normalized spacial score (nSPS) is 22.9. The third kappa shape index (κ3) is 2.89. The van der Waals surface area contributed by atoms with Crippen molar-refractivity contribution in [3.05, 3.63) is 106 Å². The van der Waals surface area contributed by atoms with Crippen LogP contribution in [0.25, 0.3) is 0 Å². The number of nitriles is 1. The van der Waals surface area contributed by atoms with E-state index in [4.69, 9.17) is 0 Å². The second kappa shape index (κ2) is 7.18. The smallest absolute Gasteiger partial charge is 0.184 e. The summed E-state index contributed by atoms with van der Waals surface area (Å²) < 4.78 is 0.903. The molecule has 0 bridgehead atoms. The van der Waals surface area contributed by atoms with Gasteiger partial charge in [0, 0.05) is 21.5 Å². The van der Waals surface area contributed by atoms with Crippen LogP contribution < -0.4 is 0 Å². The minimum Gasteiger partial charge on any atom is -0.294 e. The van der Waals surface area contributed by atoms with E-state index in [2.05, 4.69) is 22.0 Å². The first-order valence-electron chi connectivity index (χ1n) is 8.95. The molecule has 0 aliphatic heterocycles. The number of Topliss-reactive ketones (excluding diaryl/α,β-unsaturated/α-hetero) is 2. The van der Waals surface area contributed by atoms with E-state index in [0.717, 1.165) is 10.0 Å². The van der Waals surface area contributed by atoms with Gasteiger partial charge in [-0.25, -0.2) is 0 Å². The Balaban J connectivity index is 1.81. The molecule has 4 heteroatoms. The Labute approximate surface area is 171 Å². The molecule has 1 aliphatic rings. The number of carbonyl (C=O) groups is 2. The third-order valence-corrected chi connectivity index (χ3v) is 5.90. The van der Waals surface area contributed by atoms with Crippen LogP contribution in [0.5, 0.6) is 0 Å². The lowest BCUT2D eigenvalue weighted by Gasteiger charge is -2.09. The lowest BCUT2D eigenvalue weighted by Crippen LogP contribution is -2.20. The van der Waals surface area contributed by atoms with Gasteiger partial charge in [-0.2, -0.15) is 5.26 Å². The maximum absolute atomic E-state index is 13.4. The molecule has 3 aromatic rings. The van der Waals surface area contributed by atoms with E-state index in [1.54, 1.807) is 48.5 Å². The molecule has 0 N–H and O–H groups in total. The van der Waals surface area contributed by atoms with Gasteiger partial charge < -0.3 is 0 Å². The molecule has 136 valence electrons. The van der Waals surface area contributed by atoms with Crippen molar-refractivity contribution in [3.8, 4) is 6.07 Å². The van der Waals surface area contributed by atoms with Crippen LogP contribution in [-0.4, -0.2) is 11.6 Å². The van der Waals surface area contributed by atoms with E-state index >= 15 is 0 Å². The van der Waals surface area contributed by atoms with Crippen LogP contribution in [0.3, 0.4) is 0 Å². The fourth-order valence-electron chi connectivity index (χ4n) is 3.95. The van der Waals surface area contributed by atoms with Gasteiger partial charge in [0.2, 0.25) is 0 Å². The average molecular weight is 430 g/mol. The number of halogens is 1. The number of benzene rings is 3. The van der Waals surface area contributed by atoms with Crippen molar-refractivity contribution < 1.29 is 9.59 Å². The minimum atomic E-state index is -1.39. The summed E-state index contributed by atoms with van der Waals surface area (Å²) in [6.45, 7) is 0. The van der Waals surface area contributed by atoms with E-state index in [1.165, 1.54) is 0 Å². The van der Waals surface area contributed by atoms with Crippen LogP contribution in [0.4, 0.5) is 0 Å². The first-order valence-corrected chi connectivity index (χ1v) is 9.74. The van der Waals surface area contributed by atoms with E-state index in [9.17, 15) is 14.9 Å². The molecule has 3 atom stereocenters. The molecule has 0 radical (unpaired) electrons. The van der Waals surface area contributed by atoms with Gasteiger partial charge in [0.05, 0.1) is 12.0 Å². The van der Waals surface area contributed by atoms with Crippen molar-refractivity contribution >= 4 is 27.5 Å². The fraction of sp³-hybridized carbons (Fsp3) is 0.125. The fourth-order valence-corrected chi connectivity index (χ4v) is 4.22. The first-order chi connectivity index (χ1) is 13.6. The standard InChI is InChI=1S/C24H16BrNO2/c25-19-13-11-16(12-14-19)20-21(22(27)17-7-3-1-4-8-17)24(20,15-26)23(28)18-9-5-2-6-10-18/h1-14,20-21H. The van der Waals surface area contributed by atoms with Gasteiger partial charge in [-0.1, -0.05) is 88.7 Å². The van der Waals surface area contributed by atoms with Gasteiger partial charge in [-0.05, 0) is 17.7 Å². The molecule has 3 unspecified atom stereocenters. The highest BCUT2D eigenvalue weighted by molar-refractivity contribution is 9.10. The summed E-state index contributed by atoms with van der Waals surface area (Å²) in [6.07, 6.45) is 0. The molecule has 4 rings (SSSR count). The van der Waals surface area contributed by atoms with Crippen LogP contribution in [0.2, 0.25) is 0 Å². The molecular weight excluding hydrogens is 414 g/mol. The molecule has 3 aromatic carbocycles. The van der Waals surface area contributed by atoms with Crippen LogP contribution in [-0.2, 0) is 0 Å². The number of rotatable bonds is 5. The number of hydrogen-bond donors (Lipinski definition) is 0. The van der Waals surface area contributed by atoms with Crippen LogP contribution in [0, 0.1) is 22.7 Å².